The van der Waals surface area contributed by atoms with Crippen LogP contribution in [0, 0.1) is 11.2 Å². The standard InChI is InChI=1S/C24H25F4N5S/c1-32-21(16-4-2-8-29-14-16)30-31-22(32)34-11-3-9-33-10-7-23(15-33)13-19(23)18-6-5-17(12-20(18)25)24(26,27)28/h2,4-6,8,12,14,19H,3,7,9-11,13,15H2,1H3/t19-,23+/m0/s1. The van der Waals surface area contributed by atoms with Crippen LogP contribution in [0.4, 0.5) is 17.6 Å². The third-order valence-corrected chi connectivity index (χ3v) is 8.07. The van der Waals surface area contributed by atoms with Crippen molar-refractivity contribution in [3.8, 4) is 11.4 Å². The highest BCUT2D eigenvalue weighted by Gasteiger charge is 2.58. The predicted octanol–water partition coefficient (Wildman–Crippen LogP) is 5.40. The molecule has 3 aromatic rings. The Morgan fingerprint density at radius 3 is 2.79 bits per heavy atom. The number of halogens is 4. The molecule has 0 amide bonds. The van der Waals surface area contributed by atoms with E-state index in [1.807, 2.05) is 23.7 Å². The molecule has 0 N–H and O–H groups in total. The first-order valence-electron chi connectivity index (χ1n) is 11.3. The van der Waals surface area contributed by atoms with Gasteiger partial charge in [-0.3, -0.25) is 4.98 Å². The third-order valence-electron chi connectivity index (χ3n) is 6.96. The number of hydrogen-bond donors (Lipinski definition) is 0. The van der Waals surface area contributed by atoms with Crippen molar-refractivity contribution in [2.75, 3.05) is 25.4 Å². The van der Waals surface area contributed by atoms with E-state index < -0.39 is 17.6 Å². The lowest BCUT2D eigenvalue weighted by atomic mass is 9.97. The van der Waals surface area contributed by atoms with Gasteiger partial charge in [0.1, 0.15) is 5.82 Å². The summed E-state index contributed by atoms with van der Waals surface area (Å²) in [6.45, 7) is 2.75. The molecule has 34 heavy (non-hydrogen) atoms. The Labute approximate surface area is 199 Å². The maximum Gasteiger partial charge on any atom is 0.416 e. The van der Waals surface area contributed by atoms with Gasteiger partial charge in [-0.1, -0.05) is 17.8 Å². The highest BCUT2D eigenvalue weighted by Crippen LogP contribution is 2.64. The fourth-order valence-electron chi connectivity index (χ4n) is 5.04. The molecule has 5 nitrogen and oxygen atoms in total. The molecule has 1 aliphatic carbocycles. The quantitative estimate of drug-likeness (QED) is 0.252. The molecular formula is C24H25F4N5S. The van der Waals surface area contributed by atoms with Crippen molar-refractivity contribution in [3.63, 3.8) is 0 Å². The van der Waals surface area contributed by atoms with E-state index in [2.05, 4.69) is 20.1 Å². The summed E-state index contributed by atoms with van der Waals surface area (Å²) in [5.74, 6) is 0.964. The highest BCUT2D eigenvalue weighted by atomic mass is 32.2. The summed E-state index contributed by atoms with van der Waals surface area (Å²) in [7, 11) is 1.95. The Kier molecular flexibility index (Phi) is 6.14. The zero-order valence-electron chi connectivity index (χ0n) is 18.7. The van der Waals surface area contributed by atoms with Gasteiger partial charge in [-0.2, -0.15) is 13.2 Å². The lowest BCUT2D eigenvalue weighted by Gasteiger charge is -2.16. The van der Waals surface area contributed by atoms with Crippen molar-refractivity contribution < 1.29 is 17.6 Å². The molecule has 0 unspecified atom stereocenters. The number of hydrogen-bond acceptors (Lipinski definition) is 5. The summed E-state index contributed by atoms with van der Waals surface area (Å²) < 4.78 is 54.9. The van der Waals surface area contributed by atoms with Crippen molar-refractivity contribution in [1.29, 1.82) is 0 Å². The Hall–Kier alpha value is -2.46. The second-order valence-electron chi connectivity index (χ2n) is 9.19. The van der Waals surface area contributed by atoms with Crippen LogP contribution >= 0.6 is 11.8 Å². The topological polar surface area (TPSA) is 46.8 Å². The first kappa shape index (κ1) is 23.3. The summed E-state index contributed by atoms with van der Waals surface area (Å²) in [6.07, 6.45) is 1.76. The van der Waals surface area contributed by atoms with E-state index in [0.29, 0.717) is 11.6 Å². The van der Waals surface area contributed by atoms with Crippen molar-refractivity contribution >= 4 is 11.8 Å². The summed E-state index contributed by atoms with van der Waals surface area (Å²) >= 11 is 1.66. The average Bonchev–Trinajstić information content (AvgIpc) is 3.14. The van der Waals surface area contributed by atoms with Crippen molar-refractivity contribution in [2.45, 2.75) is 36.5 Å². The fourth-order valence-corrected chi connectivity index (χ4v) is 5.87. The molecule has 1 saturated carbocycles. The Morgan fingerprint density at radius 1 is 1.21 bits per heavy atom. The van der Waals surface area contributed by atoms with E-state index in [4.69, 9.17) is 0 Å². The average molecular weight is 492 g/mol. The second-order valence-corrected chi connectivity index (χ2v) is 10.3. The van der Waals surface area contributed by atoms with Crippen LogP contribution in [0.2, 0.25) is 0 Å². The molecular weight excluding hydrogens is 466 g/mol. The van der Waals surface area contributed by atoms with E-state index in [9.17, 15) is 17.6 Å². The number of benzene rings is 1. The Morgan fingerprint density at radius 2 is 2.06 bits per heavy atom. The van der Waals surface area contributed by atoms with Crippen molar-refractivity contribution in [3.05, 3.63) is 59.7 Å². The van der Waals surface area contributed by atoms with E-state index >= 15 is 0 Å². The van der Waals surface area contributed by atoms with Crippen molar-refractivity contribution in [2.24, 2.45) is 12.5 Å². The summed E-state index contributed by atoms with van der Waals surface area (Å²) in [5.41, 5.74) is 0.437. The van der Waals surface area contributed by atoms with Crippen molar-refractivity contribution in [1.82, 2.24) is 24.6 Å². The molecule has 2 fully saturated rings. The maximum absolute atomic E-state index is 14.4. The van der Waals surface area contributed by atoms with Gasteiger partial charge in [-0.25, -0.2) is 4.39 Å². The molecule has 2 aromatic heterocycles. The van der Waals surface area contributed by atoms with Crippen LogP contribution in [0.5, 0.6) is 0 Å². The van der Waals surface area contributed by atoms with Crippen LogP contribution in [-0.4, -0.2) is 50.0 Å². The van der Waals surface area contributed by atoms with Crippen LogP contribution in [0.15, 0.2) is 47.9 Å². The number of alkyl halides is 3. The second kappa shape index (κ2) is 8.96. The number of rotatable bonds is 7. The summed E-state index contributed by atoms with van der Waals surface area (Å²) in [5, 5.41) is 9.44. The van der Waals surface area contributed by atoms with Gasteiger partial charge in [-0.15, -0.1) is 10.2 Å². The van der Waals surface area contributed by atoms with Gasteiger partial charge in [-0.05, 0) is 73.5 Å². The first-order chi connectivity index (χ1) is 16.3. The largest absolute Gasteiger partial charge is 0.416 e. The minimum absolute atomic E-state index is 0.00987. The zero-order chi connectivity index (χ0) is 23.9. The van der Waals surface area contributed by atoms with E-state index in [0.717, 1.165) is 67.3 Å². The number of likely N-dealkylation sites (tertiary alicyclic amines) is 1. The monoisotopic (exact) mass is 491 g/mol. The molecule has 1 saturated heterocycles. The SMILES string of the molecule is Cn1c(SCCCN2CC[C@@]3(C[C@H]3c3ccc(C(F)(F)F)cc3F)C2)nnc1-c1cccnc1. The fraction of sp³-hybridized carbons (Fsp3) is 0.458. The smallest absolute Gasteiger partial charge is 0.305 e. The van der Waals surface area contributed by atoms with Gasteiger partial charge in [0.2, 0.25) is 0 Å². The van der Waals surface area contributed by atoms with E-state index in [1.54, 1.807) is 24.2 Å². The van der Waals surface area contributed by atoms with Crippen LogP contribution in [0.25, 0.3) is 11.4 Å². The molecule has 3 heterocycles. The van der Waals surface area contributed by atoms with Gasteiger partial charge < -0.3 is 9.47 Å². The van der Waals surface area contributed by atoms with Gasteiger partial charge in [0.05, 0.1) is 5.56 Å². The van der Waals surface area contributed by atoms with Crippen LogP contribution in [-0.2, 0) is 13.2 Å². The predicted molar refractivity (Wildman–Crippen MR) is 122 cm³/mol. The van der Waals surface area contributed by atoms with Gasteiger partial charge in [0.25, 0.3) is 0 Å². The Bertz CT molecular complexity index is 1170. The van der Waals surface area contributed by atoms with Gasteiger partial charge in [0.15, 0.2) is 11.0 Å². The van der Waals surface area contributed by atoms with E-state index in [-0.39, 0.29) is 11.3 Å². The number of thioether (sulfide) groups is 1. The molecule has 180 valence electrons. The minimum Gasteiger partial charge on any atom is -0.305 e. The molecule has 0 bridgehead atoms. The summed E-state index contributed by atoms with van der Waals surface area (Å²) in [4.78, 5) is 6.52. The number of pyridine rings is 1. The third kappa shape index (κ3) is 4.57. The molecule has 5 rings (SSSR count). The van der Waals surface area contributed by atoms with Crippen LogP contribution in [0.3, 0.4) is 0 Å². The maximum atomic E-state index is 14.4. The molecule has 2 aliphatic rings. The Balaban J connectivity index is 1.11. The lowest BCUT2D eigenvalue weighted by Crippen LogP contribution is -2.23. The molecule has 1 spiro atoms. The molecule has 10 heteroatoms. The molecule has 0 radical (unpaired) electrons. The summed E-state index contributed by atoms with van der Waals surface area (Å²) in [6, 6.07) is 6.79. The highest BCUT2D eigenvalue weighted by molar-refractivity contribution is 7.99. The number of nitrogens with zero attached hydrogens (tertiary/aromatic N) is 5. The first-order valence-corrected chi connectivity index (χ1v) is 12.3. The minimum atomic E-state index is -4.52. The van der Waals surface area contributed by atoms with Gasteiger partial charge >= 0.3 is 6.18 Å². The molecule has 1 aromatic carbocycles. The van der Waals surface area contributed by atoms with Crippen LogP contribution in [0.1, 0.15) is 36.3 Å². The zero-order valence-corrected chi connectivity index (χ0v) is 19.5. The normalized spacial score (nSPS) is 22.6. The van der Waals surface area contributed by atoms with E-state index in [1.165, 1.54) is 6.07 Å². The molecule has 1 aliphatic heterocycles. The number of aromatic nitrogens is 4. The van der Waals surface area contributed by atoms with Crippen LogP contribution < -0.4 is 0 Å². The lowest BCUT2D eigenvalue weighted by molar-refractivity contribution is -0.137. The molecule has 2 atom stereocenters. The van der Waals surface area contributed by atoms with Gasteiger partial charge in [0, 0.05) is 37.3 Å².